The second-order valence-electron chi connectivity index (χ2n) is 2.98. The molecule has 0 saturated heterocycles. The Hall–Kier alpha value is -0.740. The highest BCUT2D eigenvalue weighted by Gasteiger charge is 2.39. The fourth-order valence-electron chi connectivity index (χ4n) is 1.04. The van der Waals surface area contributed by atoms with E-state index in [1.807, 2.05) is 0 Å². The molecule has 0 heterocycles. The number of alkyl halides is 3. The number of carboxylic acids is 1. The molecule has 0 amide bonds. The molecule has 78 valence electrons. The molecule has 0 spiro atoms. The summed E-state index contributed by atoms with van der Waals surface area (Å²) in [6.45, 7) is 1.77. The Balaban J connectivity index is 4.11. The molecule has 0 rings (SSSR count). The Bertz CT molecular complexity index is 165. The van der Waals surface area contributed by atoms with Crippen molar-refractivity contribution in [2.75, 3.05) is 0 Å². The summed E-state index contributed by atoms with van der Waals surface area (Å²) in [5.41, 5.74) is 0. The lowest BCUT2D eigenvalue weighted by Crippen LogP contribution is -2.25. The fraction of sp³-hybridized carbons (Fsp3) is 0.875. The minimum Gasteiger partial charge on any atom is -0.481 e. The zero-order valence-corrected chi connectivity index (χ0v) is 7.40. The van der Waals surface area contributed by atoms with Crippen LogP contribution < -0.4 is 0 Å². The van der Waals surface area contributed by atoms with Crippen LogP contribution >= 0.6 is 0 Å². The highest BCUT2D eigenvalue weighted by atomic mass is 19.4. The highest BCUT2D eigenvalue weighted by molar-refractivity contribution is 5.67. The number of carbonyl (C=O) groups is 1. The first-order chi connectivity index (χ1) is 5.88. The first kappa shape index (κ1) is 12.3. The monoisotopic (exact) mass is 198 g/mol. The molecule has 0 radical (unpaired) electrons. The average molecular weight is 198 g/mol. The molecule has 13 heavy (non-hydrogen) atoms. The topological polar surface area (TPSA) is 37.3 Å². The average Bonchev–Trinajstić information content (AvgIpc) is 1.95. The van der Waals surface area contributed by atoms with Crippen molar-refractivity contribution < 1.29 is 23.1 Å². The molecule has 0 saturated carbocycles. The van der Waals surface area contributed by atoms with Crippen LogP contribution in [-0.4, -0.2) is 17.3 Å². The fourth-order valence-corrected chi connectivity index (χ4v) is 1.04. The van der Waals surface area contributed by atoms with E-state index < -0.39 is 24.5 Å². The maximum Gasteiger partial charge on any atom is 0.392 e. The normalized spacial score (nSPS) is 14.2. The second kappa shape index (κ2) is 5.09. The SMILES string of the molecule is CCCCC(CC(=O)O)C(F)(F)F. The van der Waals surface area contributed by atoms with Crippen molar-refractivity contribution >= 4 is 5.97 Å². The van der Waals surface area contributed by atoms with Crippen LogP contribution in [0.2, 0.25) is 0 Å². The van der Waals surface area contributed by atoms with Gasteiger partial charge in [0.15, 0.2) is 0 Å². The van der Waals surface area contributed by atoms with Gasteiger partial charge in [-0.15, -0.1) is 0 Å². The molecule has 0 fully saturated rings. The van der Waals surface area contributed by atoms with Crippen LogP contribution in [0.15, 0.2) is 0 Å². The van der Waals surface area contributed by atoms with Gasteiger partial charge in [-0.2, -0.15) is 13.2 Å². The van der Waals surface area contributed by atoms with E-state index in [2.05, 4.69) is 0 Å². The number of rotatable bonds is 5. The van der Waals surface area contributed by atoms with E-state index in [1.54, 1.807) is 6.92 Å². The van der Waals surface area contributed by atoms with Gasteiger partial charge in [0.25, 0.3) is 0 Å². The summed E-state index contributed by atoms with van der Waals surface area (Å²) in [5.74, 6) is -3.08. The summed E-state index contributed by atoms with van der Waals surface area (Å²) < 4.78 is 36.4. The Kier molecular flexibility index (Phi) is 4.80. The van der Waals surface area contributed by atoms with Crippen molar-refractivity contribution in [2.24, 2.45) is 5.92 Å². The molecule has 1 unspecified atom stereocenters. The van der Waals surface area contributed by atoms with Gasteiger partial charge in [0, 0.05) is 0 Å². The lowest BCUT2D eigenvalue weighted by molar-refractivity contribution is -0.184. The van der Waals surface area contributed by atoms with Crippen molar-refractivity contribution in [1.82, 2.24) is 0 Å². The van der Waals surface area contributed by atoms with Crippen molar-refractivity contribution in [3.63, 3.8) is 0 Å². The third-order valence-electron chi connectivity index (χ3n) is 1.79. The molecule has 0 aromatic heterocycles. The molecular weight excluding hydrogens is 185 g/mol. The third-order valence-corrected chi connectivity index (χ3v) is 1.79. The van der Waals surface area contributed by atoms with Gasteiger partial charge in [-0.1, -0.05) is 19.8 Å². The predicted octanol–water partition coefficient (Wildman–Crippen LogP) is 2.83. The van der Waals surface area contributed by atoms with Crippen LogP contribution in [0, 0.1) is 5.92 Å². The van der Waals surface area contributed by atoms with Gasteiger partial charge in [0.05, 0.1) is 12.3 Å². The quantitative estimate of drug-likeness (QED) is 0.737. The largest absolute Gasteiger partial charge is 0.481 e. The second-order valence-corrected chi connectivity index (χ2v) is 2.98. The predicted molar refractivity (Wildman–Crippen MR) is 41.3 cm³/mol. The smallest absolute Gasteiger partial charge is 0.392 e. The first-order valence-corrected chi connectivity index (χ1v) is 4.16. The van der Waals surface area contributed by atoms with Gasteiger partial charge in [0.1, 0.15) is 0 Å². The Morgan fingerprint density at radius 1 is 1.46 bits per heavy atom. The lowest BCUT2D eigenvalue weighted by Gasteiger charge is -2.17. The Morgan fingerprint density at radius 2 is 2.00 bits per heavy atom. The molecule has 0 aliphatic carbocycles. The number of carboxylic acid groups (broad SMARTS) is 1. The van der Waals surface area contributed by atoms with Crippen molar-refractivity contribution in [3.8, 4) is 0 Å². The van der Waals surface area contributed by atoms with E-state index in [1.165, 1.54) is 0 Å². The zero-order chi connectivity index (χ0) is 10.5. The van der Waals surface area contributed by atoms with Gasteiger partial charge in [-0.25, -0.2) is 0 Å². The lowest BCUT2D eigenvalue weighted by atomic mass is 9.98. The summed E-state index contributed by atoms with van der Waals surface area (Å²) in [7, 11) is 0. The van der Waals surface area contributed by atoms with Crippen molar-refractivity contribution in [1.29, 1.82) is 0 Å². The summed E-state index contributed by atoms with van der Waals surface area (Å²) in [6.07, 6.45) is -4.23. The molecule has 1 atom stereocenters. The van der Waals surface area contributed by atoms with Crippen LogP contribution in [0.4, 0.5) is 13.2 Å². The molecule has 5 heteroatoms. The maximum atomic E-state index is 12.1. The van der Waals surface area contributed by atoms with Gasteiger partial charge >= 0.3 is 12.1 Å². The zero-order valence-electron chi connectivity index (χ0n) is 7.40. The van der Waals surface area contributed by atoms with Crippen LogP contribution in [0.5, 0.6) is 0 Å². The number of hydrogen-bond donors (Lipinski definition) is 1. The molecule has 0 bridgehead atoms. The van der Waals surface area contributed by atoms with E-state index in [4.69, 9.17) is 5.11 Å². The Morgan fingerprint density at radius 3 is 2.31 bits per heavy atom. The molecule has 0 aliphatic rings. The van der Waals surface area contributed by atoms with E-state index in [9.17, 15) is 18.0 Å². The van der Waals surface area contributed by atoms with Crippen molar-refractivity contribution in [2.45, 2.75) is 38.8 Å². The number of halogens is 3. The van der Waals surface area contributed by atoms with Gasteiger partial charge < -0.3 is 5.11 Å². The van der Waals surface area contributed by atoms with Crippen LogP contribution in [0.25, 0.3) is 0 Å². The first-order valence-electron chi connectivity index (χ1n) is 4.16. The van der Waals surface area contributed by atoms with E-state index in [0.717, 1.165) is 0 Å². The summed E-state index contributed by atoms with van der Waals surface area (Å²) >= 11 is 0. The van der Waals surface area contributed by atoms with Gasteiger partial charge in [-0.05, 0) is 6.42 Å². The van der Waals surface area contributed by atoms with Crippen LogP contribution in [0.3, 0.4) is 0 Å². The van der Waals surface area contributed by atoms with E-state index in [0.29, 0.717) is 12.8 Å². The molecular formula is C8H13F3O2. The van der Waals surface area contributed by atoms with Gasteiger partial charge in [-0.3, -0.25) is 4.79 Å². The van der Waals surface area contributed by atoms with Gasteiger partial charge in [0.2, 0.25) is 0 Å². The summed E-state index contributed by atoms with van der Waals surface area (Å²) in [5, 5.41) is 8.25. The highest BCUT2D eigenvalue weighted by Crippen LogP contribution is 2.32. The summed E-state index contributed by atoms with van der Waals surface area (Å²) in [4.78, 5) is 10.1. The summed E-state index contributed by atoms with van der Waals surface area (Å²) in [6, 6.07) is 0. The van der Waals surface area contributed by atoms with Crippen molar-refractivity contribution in [3.05, 3.63) is 0 Å². The molecule has 1 N–H and O–H groups in total. The molecule has 2 nitrogen and oxygen atoms in total. The van der Waals surface area contributed by atoms with Crippen LogP contribution in [0.1, 0.15) is 32.6 Å². The van der Waals surface area contributed by atoms with E-state index in [-0.39, 0.29) is 6.42 Å². The maximum absolute atomic E-state index is 12.1. The molecule has 0 aliphatic heterocycles. The number of hydrogen-bond acceptors (Lipinski definition) is 1. The number of aliphatic carboxylic acids is 1. The number of unbranched alkanes of at least 4 members (excludes halogenated alkanes) is 1. The standard InChI is InChI=1S/C8H13F3O2/c1-2-3-4-6(5-7(12)13)8(9,10)11/h6H,2-5H2,1H3,(H,12,13). The third kappa shape index (κ3) is 5.49. The minimum atomic E-state index is -4.38. The van der Waals surface area contributed by atoms with Crippen LogP contribution in [-0.2, 0) is 4.79 Å². The molecule has 0 aromatic rings. The van der Waals surface area contributed by atoms with E-state index >= 15 is 0 Å². The minimum absolute atomic E-state index is 0.0910. The Labute approximate surface area is 74.7 Å². The molecule has 0 aromatic carbocycles.